The van der Waals surface area contributed by atoms with E-state index in [0.717, 1.165) is 12.0 Å². The molecule has 0 radical (unpaired) electrons. The number of fused-ring (bicyclic) bond motifs is 1. The third-order valence-corrected chi connectivity index (χ3v) is 10.1. The maximum atomic E-state index is 14.9. The van der Waals surface area contributed by atoms with Gasteiger partial charge in [0.05, 0.1) is 24.0 Å². The lowest BCUT2D eigenvalue weighted by Gasteiger charge is -2.45. The van der Waals surface area contributed by atoms with Gasteiger partial charge in [-0.05, 0) is 69.8 Å². The van der Waals surface area contributed by atoms with Crippen molar-refractivity contribution in [3.8, 4) is 0 Å². The lowest BCUT2D eigenvalue weighted by atomic mass is 9.70. The number of carbonyl (C=O) groups is 4. The molecule has 49 heavy (non-hydrogen) atoms. The van der Waals surface area contributed by atoms with Crippen molar-refractivity contribution >= 4 is 23.7 Å². The van der Waals surface area contributed by atoms with Crippen LogP contribution in [0.2, 0.25) is 0 Å². The number of aliphatic hydroxyl groups excluding tert-OH is 1. The lowest BCUT2D eigenvalue weighted by molar-refractivity contribution is -0.153. The standard InChI is InChI=1S/C39H57N3O7/c1-8-10-19-30(44)48-25-28(27-17-13-11-14-18-27)40-34(45)31-29-20-21-39(49-29)32(31)35(46)41(23-15-12-16-24-43)33(39)36(47)42(22-9-2)38(6,7)26-37(3,4)5/h8-9,11,13-14,17-18,28-29,31-33,43H,1-2,10,12,15-16,19-26H2,3-7H3,(H,40,45)/t28-,29-,31+,32+,33-,39+/m0/s1. The fourth-order valence-electron chi connectivity index (χ4n) is 8.49. The fraction of sp³-hybridized carbons (Fsp3) is 0.641. The maximum Gasteiger partial charge on any atom is 0.306 e. The zero-order chi connectivity index (χ0) is 36.0. The van der Waals surface area contributed by atoms with Gasteiger partial charge in [-0.2, -0.15) is 0 Å². The van der Waals surface area contributed by atoms with E-state index in [2.05, 4.69) is 39.2 Å². The van der Waals surface area contributed by atoms with Gasteiger partial charge in [0.2, 0.25) is 17.7 Å². The molecule has 2 bridgehead atoms. The quantitative estimate of drug-likeness (QED) is 0.125. The van der Waals surface area contributed by atoms with Crippen molar-refractivity contribution < 1.29 is 33.8 Å². The zero-order valence-corrected chi connectivity index (χ0v) is 30.1. The third kappa shape index (κ3) is 8.46. The van der Waals surface area contributed by atoms with Gasteiger partial charge in [0, 0.05) is 31.7 Å². The van der Waals surface area contributed by atoms with Gasteiger partial charge in [-0.1, -0.05) is 63.3 Å². The highest BCUT2D eigenvalue weighted by Crippen LogP contribution is 2.59. The summed E-state index contributed by atoms with van der Waals surface area (Å²) in [6, 6.07) is 7.76. The van der Waals surface area contributed by atoms with E-state index in [1.54, 1.807) is 17.1 Å². The average molecular weight is 680 g/mol. The Bertz CT molecular complexity index is 1360. The van der Waals surface area contributed by atoms with Crippen molar-refractivity contribution in [2.75, 3.05) is 26.3 Å². The summed E-state index contributed by atoms with van der Waals surface area (Å²) in [5, 5.41) is 12.5. The molecular formula is C39H57N3O7. The van der Waals surface area contributed by atoms with Crippen molar-refractivity contribution in [3.05, 3.63) is 61.2 Å². The van der Waals surface area contributed by atoms with Gasteiger partial charge in [0.25, 0.3) is 0 Å². The van der Waals surface area contributed by atoms with Gasteiger partial charge in [0.15, 0.2) is 0 Å². The number of benzene rings is 1. The number of rotatable bonds is 18. The Morgan fingerprint density at radius 1 is 1.12 bits per heavy atom. The average Bonchev–Trinajstić information content (AvgIpc) is 3.69. The molecule has 3 amide bonds. The van der Waals surface area contributed by atoms with Gasteiger partial charge in [-0.25, -0.2) is 0 Å². The van der Waals surface area contributed by atoms with E-state index in [0.29, 0.717) is 51.6 Å². The fourth-order valence-corrected chi connectivity index (χ4v) is 8.49. The Morgan fingerprint density at radius 2 is 1.84 bits per heavy atom. The van der Waals surface area contributed by atoms with Crippen LogP contribution in [0.5, 0.6) is 0 Å². The van der Waals surface area contributed by atoms with Crippen LogP contribution in [0, 0.1) is 17.3 Å². The third-order valence-electron chi connectivity index (χ3n) is 10.1. The molecule has 0 unspecified atom stereocenters. The topological polar surface area (TPSA) is 125 Å². The number of aliphatic hydroxyl groups is 1. The second-order valence-electron chi connectivity index (χ2n) is 15.6. The predicted molar refractivity (Wildman–Crippen MR) is 188 cm³/mol. The maximum absolute atomic E-state index is 14.9. The summed E-state index contributed by atoms with van der Waals surface area (Å²) in [4.78, 5) is 59.6. The van der Waals surface area contributed by atoms with Crippen LogP contribution in [0.1, 0.15) is 97.6 Å². The molecule has 3 heterocycles. The Labute approximate surface area is 292 Å². The molecule has 0 saturated carbocycles. The number of unbranched alkanes of at least 4 members (excludes halogenated alkanes) is 2. The predicted octanol–water partition coefficient (Wildman–Crippen LogP) is 5.12. The Balaban J connectivity index is 1.67. The van der Waals surface area contributed by atoms with E-state index in [-0.39, 0.29) is 48.7 Å². The van der Waals surface area contributed by atoms with E-state index in [1.807, 2.05) is 49.1 Å². The number of nitrogens with one attached hydrogen (secondary N) is 1. The molecule has 270 valence electrons. The van der Waals surface area contributed by atoms with Crippen LogP contribution in [-0.4, -0.2) is 88.2 Å². The largest absolute Gasteiger partial charge is 0.463 e. The van der Waals surface area contributed by atoms with E-state index in [1.165, 1.54) is 0 Å². The van der Waals surface area contributed by atoms with Crippen LogP contribution in [0.25, 0.3) is 0 Å². The number of carbonyl (C=O) groups excluding carboxylic acids is 4. The summed E-state index contributed by atoms with van der Waals surface area (Å²) in [5.74, 6) is -2.82. The van der Waals surface area contributed by atoms with Crippen LogP contribution in [-0.2, 0) is 28.7 Å². The number of ether oxygens (including phenoxy) is 2. The van der Waals surface area contributed by atoms with Crippen molar-refractivity contribution in [2.24, 2.45) is 17.3 Å². The van der Waals surface area contributed by atoms with E-state index >= 15 is 0 Å². The molecule has 3 saturated heterocycles. The summed E-state index contributed by atoms with van der Waals surface area (Å²) in [5.41, 5.74) is -0.999. The van der Waals surface area contributed by atoms with Crippen LogP contribution in [0.3, 0.4) is 0 Å². The summed E-state index contributed by atoms with van der Waals surface area (Å²) in [6.07, 6.45) is 7.19. The second kappa shape index (κ2) is 16.0. The number of esters is 1. The molecule has 1 aromatic rings. The molecule has 4 rings (SSSR count). The normalized spacial score (nSPS) is 25.1. The van der Waals surface area contributed by atoms with Crippen molar-refractivity contribution in [1.29, 1.82) is 0 Å². The van der Waals surface area contributed by atoms with Crippen LogP contribution < -0.4 is 5.32 Å². The van der Waals surface area contributed by atoms with Crippen LogP contribution in [0.15, 0.2) is 55.6 Å². The summed E-state index contributed by atoms with van der Waals surface area (Å²) < 4.78 is 12.3. The van der Waals surface area contributed by atoms with Crippen molar-refractivity contribution in [3.63, 3.8) is 0 Å². The zero-order valence-electron chi connectivity index (χ0n) is 30.1. The molecule has 0 aliphatic carbocycles. The van der Waals surface area contributed by atoms with Crippen molar-refractivity contribution in [2.45, 2.75) is 115 Å². The summed E-state index contributed by atoms with van der Waals surface area (Å²) in [7, 11) is 0. The van der Waals surface area contributed by atoms with Crippen LogP contribution in [0.4, 0.5) is 0 Å². The molecule has 3 aliphatic rings. The molecule has 1 aromatic carbocycles. The first-order valence-corrected chi connectivity index (χ1v) is 17.8. The highest BCUT2D eigenvalue weighted by Gasteiger charge is 2.74. The first kappa shape index (κ1) is 38.3. The molecule has 6 atom stereocenters. The molecule has 1 spiro atoms. The summed E-state index contributed by atoms with van der Waals surface area (Å²) >= 11 is 0. The Morgan fingerprint density at radius 3 is 2.47 bits per heavy atom. The minimum atomic E-state index is -1.14. The Kier molecular flexibility index (Phi) is 12.5. The number of hydrogen-bond donors (Lipinski definition) is 2. The molecule has 3 aliphatic heterocycles. The number of likely N-dealkylation sites (tertiary alicyclic amines) is 1. The molecule has 10 nitrogen and oxygen atoms in total. The summed E-state index contributed by atoms with van der Waals surface area (Å²) in [6.45, 7) is 18.7. The smallest absolute Gasteiger partial charge is 0.306 e. The second-order valence-corrected chi connectivity index (χ2v) is 15.6. The monoisotopic (exact) mass is 679 g/mol. The highest BCUT2D eigenvalue weighted by atomic mass is 16.5. The van der Waals surface area contributed by atoms with Crippen molar-refractivity contribution in [1.82, 2.24) is 15.1 Å². The molecule has 2 N–H and O–H groups in total. The lowest BCUT2D eigenvalue weighted by Crippen LogP contribution is -2.61. The van der Waals surface area contributed by atoms with E-state index in [9.17, 15) is 24.3 Å². The molecule has 10 heteroatoms. The number of amides is 3. The SMILES string of the molecule is C=CCCC(=O)OC[C@H](NC(=O)[C@@H]1[C@@H]2CC[C@]3(O2)[C@H](C(=O)N(CC=C)C(C)(C)CC(C)(C)C)N(CCCCCO)C(=O)[C@@H]13)c1ccccc1. The molecule has 3 fully saturated rings. The van der Waals surface area contributed by atoms with Gasteiger partial charge in [-0.3, -0.25) is 19.2 Å². The molecule has 0 aromatic heterocycles. The minimum Gasteiger partial charge on any atom is -0.463 e. The molecular weight excluding hydrogens is 622 g/mol. The number of hydrogen-bond acceptors (Lipinski definition) is 7. The van der Waals surface area contributed by atoms with Gasteiger partial charge < -0.3 is 29.7 Å². The van der Waals surface area contributed by atoms with E-state index < -0.39 is 41.2 Å². The number of allylic oxidation sites excluding steroid dienone is 1. The highest BCUT2D eigenvalue weighted by molar-refractivity contribution is 5.99. The first-order valence-electron chi connectivity index (χ1n) is 17.8. The Hall–Kier alpha value is -3.50. The van der Waals surface area contributed by atoms with Crippen LogP contribution >= 0.6 is 0 Å². The number of nitrogens with zero attached hydrogens (tertiary/aromatic N) is 2. The van der Waals surface area contributed by atoms with Gasteiger partial charge in [-0.15, -0.1) is 13.2 Å². The van der Waals surface area contributed by atoms with Gasteiger partial charge >= 0.3 is 5.97 Å². The minimum absolute atomic E-state index is 0.0517. The van der Waals surface area contributed by atoms with E-state index in [4.69, 9.17) is 9.47 Å². The first-order chi connectivity index (χ1) is 23.2. The van der Waals surface area contributed by atoms with Gasteiger partial charge in [0.1, 0.15) is 18.2 Å².